The van der Waals surface area contributed by atoms with Crippen molar-refractivity contribution in [2.45, 2.75) is 19.1 Å². The van der Waals surface area contributed by atoms with Crippen molar-refractivity contribution in [3.8, 4) is 0 Å². The minimum atomic E-state index is -0.416. The van der Waals surface area contributed by atoms with Crippen molar-refractivity contribution in [2.24, 2.45) is 0 Å². The maximum absolute atomic E-state index is 10.2. The highest BCUT2D eigenvalue weighted by atomic mass is 32.2. The predicted molar refractivity (Wildman–Crippen MR) is 74.2 cm³/mol. The number of aliphatic hydroxyl groups is 1. The first-order valence-electron chi connectivity index (χ1n) is 6.02. The van der Waals surface area contributed by atoms with E-state index in [9.17, 15) is 5.11 Å². The third-order valence-corrected chi connectivity index (χ3v) is 4.42. The highest BCUT2D eigenvalue weighted by molar-refractivity contribution is 7.99. The Morgan fingerprint density at radius 1 is 1.47 bits per heavy atom. The molecule has 0 aliphatic carbocycles. The van der Waals surface area contributed by atoms with Gasteiger partial charge < -0.3 is 10.8 Å². The number of benzene rings is 1. The van der Waals surface area contributed by atoms with Gasteiger partial charge in [0.15, 0.2) is 0 Å². The maximum Gasteiger partial charge on any atom is 0.0917 e. The molecule has 0 aromatic heterocycles. The number of rotatable bonds is 3. The van der Waals surface area contributed by atoms with E-state index in [1.54, 1.807) is 0 Å². The van der Waals surface area contributed by atoms with Crippen LogP contribution in [-0.2, 0) is 0 Å². The molecule has 4 heteroatoms. The molecular weight excluding hydrogens is 232 g/mol. The topological polar surface area (TPSA) is 49.5 Å². The molecule has 2 atom stereocenters. The van der Waals surface area contributed by atoms with Crippen LogP contribution in [0.1, 0.15) is 18.6 Å². The van der Waals surface area contributed by atoms with Crippen LogP contribution in [0.25, 0.3) is 0 Å². The van der Waals surface area contributed by atoms with Gasteiger partial charge >= 0.3 is 0 Å². The van der Waals surface area contributed by atoms with Crippen LogP contribution in [0.3, 0.4) is 0 Å². The van der Waals surface area contributed by atoms with E-state index in [0.717, 1.165) is 23.5 Å². The molecule has 1 aliphatic rings. The van der Waals surface area contributed by atoms with Gasteiger partial charge in [0.05, 0.1) is 6.10 Å². The molecule has 0 bridgehead atoms. The summed E-state index contributed by atoms with van der Waals surface area (Å²) in [6.07, 6.45) is -0.416. The highest BCUT2D eigenvalue weighted by Crippen LogP contribution is 2.21. The van der Waals surface area contributed by atoms with Crippen LogP contribution in [-0.4, -0.2) is 40.6 Å². The molecular formula is C13H20N2OS. The molecule has 1 aliphatic heterocycles. The van der Waals surface area contributed by atoms with Crippen molar-refractivity contribution in [1.29, 1.82) is 0 Å². The van der Waals surface area contributed by atoms with Gasteiger partial charge in [0.25, 0.3) is 0 Å². The summed E-state index contributed by atoms with van der Waals surface area (Å²) in [7, 11) is 0. The van der Waals surface area contributed by atoms with E-state index in [0.29, 0.717) is 12.6 Å². The molecule has 0 spiro atoms. The molecule has 1 aromatic carbocycles. The van der Waals surface area contributed by atoms with Gasteiger partial charge in [-0.15, -0.1) is 0 Å². The van der Waals surface area contributed by atoms with Crippen LogP contribution in [0.4, 0.5) is 5.69 Å². The number of nitrogens with zero attached hydrogens (tertiary/aromatic N) is 1. The summed E-state index contributed by atoms with van der Waals surface area (Å²) in [5.74, 6) is 2.33. The summed E-state index contributed by atoms with van der Waals surface area (Å²) >= 11 is 1.99. The molecule has 2 rings (SSSR count). The molecule has 0 radical (unpaired) electrons. The van der Waals surface area contributed by atoms with E-state index in [4.69, 9.17) is 5.73 Å². The largest absolute Gasteiger partial charge is 0.399 e. The fraction of sp³-hybridized carbons (Fsp3) is 0.538. The van der Waals surface area contributed by atoms with Crippen molar-refractivity contribution in [2.75, 3.05) is 30.3 Å². The lowest BCUT2D eigenvalue weighted by Crippen LogP contribution is -2.42. The molecule has 1 saturated heterocycles. The Bertz CT molecular complexity index is 355. The zero-order chi connectivity index (χ0) is 12.3. The molecule has 1 heterocycles. The van der Waals surface area contributed by atoms with Gasteiger partial charge in [0.2, 0.25) is 0 Å². The highest BCUT2D eigenvalue weighted by Gasteiger charge is 2.21. The van der Waals surface area contributed by atoms with E-state index in [1.165, 1.54) is 5.75 Å². The smallest absolute Gasteiger partial charge is 0.0917 e. The Morgan fingerprint density at radius 3 is 2.82 bits per heavy atom. The Hall–Kier alpha value is -0.710. The maximum atomic E-state index is 10.2. The number of thioether (sulfide) groups is 1. The van der Waals surface area contributed by atoms with Gasteiger partial charge in [-0.05, 0) is 24.6 Å². The molecule has 2 unspecified atom stereocenters. The van der Waals surface area contributed by atoms with E-state index in [-0.39, 0.29) is 0 Å². The first-order chi connectivity index (χ1) is 8.16. The number of hydrogen-bond donors (Lipinski definition) is 2. The Kier molecular flexibility index (Phi) is 4.31. The molecule has 17 heavy (non-hydrogen) atoms. The van der Waals surface area contributed by atoms with Crippen molar-refractivity contribution in [1.82, 2.24) is 4.90 Å². The second-order valence-electron chi connectivity index (χ2n) is 4.60. The quantitative estimate of drug-likeness (QED) is 0.805. The fourth-order valence-corrected chi connectivity index (χ4v) is 3.16. The Balaban J connectivity index is 1.95. The summed E-state index contributed by atoms with van der Waals surface area (Å²) in [6, 6.07) is 8.05. The fourth-order valence-electron chi connectivity index (χ4n) is 2.08. The van der Waals surface area contributed by atoms with Crippen LogP contribution >= 0.6 is 11.8 Å². The molecule has 0 saturated carbocycles. The minimum absolute atomic E-state index is 0.416. The average Bonchev–Trinajstić information content (AvgIpc) is 2.33. The molecule has 1 fully saturated rings. The number of nitrogens with two attached hydrogens (primary N) is 1. The second kappa shape index (κ2) is 5.76. The molecule has 1 aromatic rings. The SMILES string of the molecule is CC1CSCCN1CC(O)c1ccc(N)cc1. The predicted octanol–water partition coefficient (Wildman–Crippen LogP) is 1.74. The molecule has 94 valence electrons. The summed E-state index contributed by atoms with van der Waals surface area (Å²) < 4.78 is 0. The van der Waals surface area contributed by atoms with Gasteiger partial charge in [-0.25, -0.2) is 0 Å². The molecule has 3 N–H and O–H groups in total. The van der Waals surface area contributed by atoms with Crippen molar-refractivity contribution < 1.29 is 5.11 Å². The minimum Gasteiger partial charge on any atom is -0.399 e. The number of anilines is 1. The molecule has 0 amide bonds. The van der Waals surface area contributed by atoms with Crippen molar-refractivity contribution in [3.63, 3.8) is 0 Å². The van der Waals surface area contributed by atoms with E-state index >= 15 is 0 Å². The Labute approximate surface area is 107 Å². The van der Waals surface area contributed by atoms with Crippen LogP contribution in [0, 0.1) is 0 Å². The Morgan fingerprint density at radius 2 is 2.18 bits per heavy atom. The number of β-amino-alcohol motifs (C(OH)–C–C–N with tert-alkyl or cyclic N) is 1. The van der Waals surface area contributed by atoms with Gasteiger partial charge in [-0.1, -0.05) is 12.1 Å². The van der Waals surface area contributed by atoms with Gasteiger partial charge in [-0.3, -0.25) is 4.90 Å². The van der Waals surface area contributed by atoms with Crippen LogP contribution in [0.5, 0.6) is 0 Å². The number of nitrogen functional groups attached to an aromatic ring is 1. The standard InChI is InChI=1S/C13H20N2OS/c1-10-9-17-7-6-15(10)8-13(16)11-2-4-12(14)5-3-11/h2-5,10,13,16H,6-9,14H2,1H3. The van der Waals surface area contributed by atoms with E-state index in [1.807, 2.05) is 36.0 Å². The van der Waals surface area contributed by atoms with E-state index < -0.39 is 6.10 Å². The first kappa shape index (κ1) is 12.7. The van der Waals surface area contributed by atoms with Crippen molar-refractivity contribution in [3.05, 3.63) is 29.8 Å². The third-order valence-electron chi connectivity index (χ3n) is 3.23. The summed E-state index contributed by atoms with van der Waals surface area (Å²) in [6.45, 7) is 4.01. The van der Waals surface area contributed by atoms with Crippen LogP contribution in [0.2, 0.25) is 0 Å². The van der Waals surface area contributed by atoms with E-state index in [2.05, 4.69) is 11.8 Å². The third kappa shape index (κ3) is 3.37. The van der Waals surface area contributed by atoms with Crippen LogP contribution in [0.15, 0.2) is 24.3 Å². The normalized spacial score (nSPS) is 23.5. The zero-order valence-corrected chi connectivity index (χ0v) is 11.0. The summed E-state index contributed by atoms with van der Waals surface area (Å²) in [5.41, 5.74) is 7.33. The number of aliphatic hydroxyl groups excluding tert-OH is 1. The van der Waals surface area contributed by atoms with Crippen LogP contribution < -0.4 is 5.73 Å². The molecule has 3 nitrogen and oxygen atoms in total. The lowest BCUT2D eigenvalue weighted by Gasteiger charge is -2.34. The lowest BCUT2D eigenvalue weighted by molar-refractivity contribution is 0.0989. The van der Waals surface area contributed by atoms with Gasteiger partial charge in [0.1, 0.15) is 0 Å². The lowest BCUT2D eigenvalue weighted by atomic mass is 10.1. The average molecular weight is 252 g/mol. The number of hydrogen-bond acceptors (Lipinski definition) is 4. The first-order valence-corrected chi connectivity index (χ1v) is 7.17. The summed E-state index contributed by atoms with van der Waals surface area (Å²) in [4.78, 5) is 2.36. The van der Waals surface area contributed by atoms with Gasteiger partial charge in [0, 0.05) is 36.3 Å². The summed E-state index contributed by atoms with van der Waals surface area (Å²) in [5, 5.41) is 10.2. The van der Waals surface area contributed by atoms with Gasteiger partial charge in [-0.2, -0.15) is 11.8 Å². The second-order valence-corrected chi connectivity index (χ2v) is 5.75. The van der Waals surface area contributed by atoms with Crippen molar-refractivity contribution >= 4 is 17.4 Å². The zero-order valence-electron chi connectivity index (χ0n) is 10.2. The monoisotopic (exact) mass is 252 g/mol.